The summed E-state index contributed by atoms with van der Waals surface area (Å²) >= 11 is 0. The van der Waals surface area contributed by atoms with Gasteiger partial charge in [0.2, 0.25) is 5.91 Å². The van der Waals surface area contributed by atoms with Crippen LogP contribution in [-0.4, -0.2) is 31.8 Å². The minimum absolute atomic E-state index is 0.0716. The Labute approximate surface area is 165 Å². The average molecular weight is 391 g/mol. The third-order valence-corrected chi connectivity index (χ3v) is 5.54. The largest absolute Gasteiger partial charge is 0.312 e. The number of hydrogen-bond acceptors (Lipinski definition) is 4. The van der Waals surface area contributed by atoms with Crippen molar-refractivity contribution in [2.24, 2.45) is 7.05 Å². The first-order valence-electron chi connectivity index (χ1n) is 9.41. The minimum Gasteiger partial charge on any atom is -0.312 e. The Morgan fingerprint density at radius 1 is 1.21 bits per heavy atom. The van der Waals surface area contributed by atoms with Gasteiger partial charge in [0.05, 0.1) is 22.6 Å². The van der Waals surface area contributed by atoms with Crippen LogP contribution in [0, 0.1) is 5.82 Å². The summed E-state index contributed by atoms with van der Waals surface area (Å²) in [6.45, 7) is 0.769. The van der Waals surface area contributed by atoms with Crippen molar-refractivity contribution in [2.75, 3.05) is 11.4 Å². The van der Waals surface area contributed by atoms with Crippen LogP contribution in [0.2, 0.25) is 0 Å². The van der Waals surface area contributed by atoms with Crippen LogP contribution in [0.5, 0.6) is 0 Å². The van der Waals surface area contributed by atoms with Gasteiger partial charge in [-0.1, -0.05) is 0 Å². The summed E-state index contributed by atoms with van der Waals surface area (Å²) in [6.07, 6.45) is 5.87. The third kappa shape index (κ3) is 2.71. The Bertz CT molecular complexity index is 1340. The molecule has 0 radical (unpaired) electrons. The molecule has 1 aliphatic rings. The van der Waals surface area contributed by atoms with E-state index in [1.54, 1.807) is 35.1 Å². The Hall–Kier alpha value is -3.55. The predicted molar refractivity (Wildman–Crippen MR) is 107 cm³/mol. The molecule has 29 heavy (non-hydrogen) atoms. The van der Waals surface area contributed by atoms with E-state index >= 15 is 0 Å². The SMILES string of the molecule is Cn1ncc2c(=O)n(CCC(=O)N3CCc4cnccc43)c3cc(F)ccc3c21. The van der Waals surface area contributed by atoms with Gasteiger partial charge in [-0.15, -0.1) is 0 Å². The van der Waals surface area contributed by atoms with Crippen molar-refractivity contribution in [1.29, 1.82) is 0 Å². The smallest absolute Gasteiger partial charge is 0.262 e. The maximum atomic E-state index is 14.0. The van der Waals surface area contributed by atoms with E-state index in [1.165, 1.54) is 22.9 Å². The van der Waals surface area contributed by atoms with Crippen molar-refractivity contribution in [3.05, 3.63) is 64.6 Å². The molecule has 1 aromatic carbocycles. The van der Waals surface area contributed by atoms with Crippen LogP contribution in [-0.2, 0) is 24.8 Å². The second-order valence-electron chi connectivity index (χ2n) is 7.20. The molecule has 0 bridgehead atoms. The molecular formula is C21H18FN5O2. The molecule has 7 nitrogen and oxygen atoms in total. The van der Waals surface area contributed by atoms with Crippen LogP contribution in [0.3, 0.4) is 0 Å². The summed E-state index contributed by atoms with van der Waals surface area (Å²) < 4.78 is 17.1. The number of benzene rings is 1. The third-order valence-electron chi connectivity index (χ3n) is 5.54. The molecule has 5 rings (SSSR count). The molecule has 1 amide bonds. The number of pyridine rings is 2. The first kappa shape index (κ1) is 17.5. The number of nitrogens with zero attached hydrogens (tertiary/aromatic N) is 5. The minimum atomic E-state index is -0.431. The normalized spacial score (nSPS) is 13.4. The second kappa shape index (κ2) is 6.51. The fourth-order valence-corrected chi connectivity index (χ4v) is 4.15. The molecule has 3 aromatic heterocycles. The molecule has 0 aliphatic carbocycles. The molecule has 4 aromatic rings. The molecule has 1 aliphatic heterocycles. The van der Waals surface area contributed by atoms with Crippen LogP contribution in [0.25, 0.3) is 21.8 Å². The van der Waals surface area contributed by atoms with E-state index in [4.69, 9.17) is 0 Å². The molecule has 0 unspecified atom stereocenters. The fourth-order valence-electron chi connectivity index (χ4n) is 4.15. The van der Waals surface area contributed by atoms with Crippen molar-refractivity contribution in [2.45, 2.75) is 19.4 Å². The van der Waals surface area contributed by atoms with E-state index in [9.17, 15) is 14.0 Å². The summed E-state index contributed by atoms with van der Waals surface area (Å²) in [4.78, 5) is 31.7. The fraction of sp³-hybridized carbons (Fsp3) is 0.238. The van der Waals surface area contributed by atoms with Gasteiger partial charge in [0, 0.05) is 50.0 Å². The number of hydrogen-bond donors (Lipinski definition) is 0. The summed E-state index contributed by atoms with van der Waals surface area (Å²) in [5.74, 6) is -0.503. The maximum Gasteiger partial charge on any atom is 0.262 e. The van der Waals surface area contributed by atoms with E-state index in [-0.39, 0.29) is 24.4 Å². The summed E-state index contributed by atoms with van der Waals surface area (Å²) in [6, 6.07) is 6.18. The zero-order chi connectivity index (χ0) is 20.1. The quantitative estimate of drug-likeness (QED) is 0.538. The van der Waals surface area contributed by atoms with E-state index in [2.05, 4.69) is 10.1 Å². The molecule has 0 N–H and O–H groups in total. The van der Waals surface area contributed by atoms with Crippen molar-refractivity contribution in [3.63, 3.8) is 0 Å². The van der Waals surface area contributed by atoms with Crippen molar-refractivity contribution in [1.82, 2.24) is 19.3 Å². The van der Waals surface area contributed by atoms with Gasteiger partial charge >= 0.3 is 0 Å². The lowest BCUT2D eigenvalue weighted by molar-refractivity contribution is -0.118. The lowest BCUT2D eigenvalue weighted by atomic mass is 10.1. The molecule has 0 atom stereocenters. The number of amides is 1. The van der Waals surface area contributed by atoms with Gasteiger partial charge in [-0.05, 0) is 36.2 Å². The summed E-state index contributed by atoms with van der Waals surface area (Å²) in [5.41, 5.74) is 2.77. The van der Waals surface area contributed by atoms with Crippen LogP contribution < -0.4 is 10.5 Å². The molecule has 4 heterocycles. The number of aromatic nitrogens is 4. The zero-order valence-corrected chi connectivity index (χ0v) is 15.8. The van der Waals surface area contributed by atoms with Gasteiger partial charge in [0.25, 0.3) is 5.56 Å². The van der Waals surface area contributed by atoms with Gasteiger partial charge in [0.1, 0.15) is 5.82 Å². The van der Waals surface area contributed by atoms with Gasteiger partial charge in [0.15, 0.2) is 0 Å². The Kier molecular flexibility index (Phi) is 3.94. The van der Waals surface area contributed by atoms with Gasteiger partial charge in [-0.3, -0.25) is 19.3 Å². The van der Waals surface area contributed by atoms with Gasteiger partial charge in [-0.2, -0.15) is 5.10 Å². The first-order chi connectivity index (χ1) is 14.0. The van der Waals surface area contributed by atoms with Crippen LogP contribution in [0.4, 0.5) is 10.1 Å². The predicted octanol–water partition coefficient (Wildman–Crippen LogP) is 2.40. The van der Waals surface area contributed by atoms with Crippen molar-refractivity contribution in [3.8, 4) is 0 Å². The Morgan fingerprint density at radius 2 is 2.07 bits per heavy atom. The topological polar surface area (TPSA) is 73.0 Å². The van der Waals surface area contributed by atoms with Crippen LogP contribution >= 0.6 is 0 Å². The monoisotopic (exact) mass is 391 g/mol. The average Bonchev–Trinajstić information content (AvgIpc) is 3.32. The summed E-state index contributed by atoms with van der Waals surface area (Å²) in [7, 11) is 1.75. The molecule has 8 heteroatoms. The number of rotatable bonds is 3. The highest BCUT2D eigenvalue weighted by Gasteiger charge is 2.24. The lowest BCUT2D eigenvalue weighted by Crippen LogP contribution is -2.31. The zero-order valence-electron chi connectivity index (χ0n) is 15.8. The van der Waals surface area contributed by atoms with Crippen molar-refractivity contribution < 1.29 is 9.18 Å². The molecule has 0 saturated carbocycles. The highest BCUT2D eigenvalue weighted by molar-refractivity contribution is 6.03. The molecule has 146 valence electrons. The Morgan fingerprint density at radius 3 is 2.93 bits per heavy atom. The first-order valence-corrected chi connectivity index (χ1v) is 9.41. The van der Waals surface area contributed by atoms with E-state index in [1.807, 2.05) is 6.07 Å². The van der Waals surface area contributed by atoms with Gasteiger partial charge < -0.3 is 9.47 Å². The summed E-state index contributed by atoms with van der Waals surface area (Å²) in [5, 5.41) is 5.37. The van der Waals surface area contributed by atoms with E-state index in [0.29, 0.717) is 23.0 Å². The second-order valence-corrected chi connectivity index (χ2v) is 7.20. The van der Waals surface area contributed by atoms with Gasteiger partial charge in [-0.25, -0.2) is 4.39 Å². The number of anilines is 1. The maximum absolute atomic E-state index is 14.0. The number of carbonyl (C=O) groups is 1. The van der Waals surface area contributed by atoms with Crippen LogP contribution in [0.1, 0.15) is 12.0 Å². The molecule has 0 saturated heterocycles. The standard InChI is InChI=1S/C21H18FN5O2/c1-25-20-15-3-2-14(22)10-18(15)27(21(29)16(20)12-24-25)9-6-19(28)26-8-5-13-11-23-7-4-17(13)26/h2-4,7,10-12H,5-6,8-9H2,1H3. The number of halogens is 1. The molecular weight excluding hydrogens is 373 g/mol. The number of carbonyl (C=O) groups excluding carboxylic acids is 1. The van der Waals surface area contributed by atoms with E-state index < -0.39 is 5.82 Å². The Balaban J connectivity index is 1.54. The highest BCUT2D eigenvalue weighted by atomic mass is 19.1. The highest BCUT2D eigenvalue weighted by Crippen LogP contribution is 2.28. The van der Waals surface area contributed by atoms with Crippen LogP contribution in [0.15, 0.2) is 47.7 Å². The lowest BCUT2D eigenvalue weighted by Gasteiger charge is -2.18. The molecule has 0 fully saturated rings. The van der Waals surface area contributed by atoms with Crippen molar-refractivity contribution >= 4 is 33.4 Å². The van der Waals surface area contributed by atoms with E-state index in [0.717, 1.165) is 23.1 Å². The number of aryl methyl sites for hydroxylation is 2. The number of fused-ring (bicyclic) bond motifs is 4. The molecule has 0 spiro atoms.